The van der Waals surface area contributed by atoms with E-state index in [1.165, 1.54) is 5.39 Å². The molecular weight excluding hydrogens is 214 g/mol. The van der Waals surface area contributed by atoms with Crippen LogP contribution in [0.15, 0.2) is 42.9 Å². The van der Waals surface area contributed by atoms with Crippen LogP contribution in [-0.2, 0) is 11.5 Å². The van der Waals surface area contributed by atoms with Gasteiger partial charge in [0.25, 0.3) is 0 Å². The van der Waals surface area contributed by atoms with Gasteiger partial charge in [-0.05, 0) is 12.1 Å². The first kappa shape index (κ1) is 10.1. The number of fused-ring (bicyclic) bond motifs is 1. The maximum absolute atomic E-state index is 5.05. The molecule has 0 amide bonds. The Morgan fingerprint density at radius 2 is 2.24 bits per heavy atom. The number of para-hydroxylation sites is 1. The predicted octanol–water partition coefficient (Wildman–Crippen LogP) is 2.64. The van der Waals surface area contributed by atoms with Crippen LogP contribution in [0.25, 0.3) is 22.3 Å². The Labute approximate surface area is 98.9 Å². The number of H-pyrrole nitrogens is 1. The lowest BCUT2D eigenvalue weighted by atomic mass is 10.2. The molecule has 2 heterocycles. The van der Waals surface area contributed by atoms with Crippen molar-refractivity contribution in [2.75, 3.05) is 7.11 Å². The zero-order valence-corrected chi connectivity index (χ0v) is 9.55. The fourth-order valence-electron chi connectivity index (χ4n) is 1.93. The first-order valence-electron chi connectivity index (χ1n) is 5.45. The number of rotatable bonds is 3. The van der Waals surface area contributed by atoms with Crippen LogP contribution in [0.4, 0.5) is 0 Å². The van der Waals surface area contributed by atoms with Gasteiger partial charge >= 0.3 is 0 Å². The Morgan fingerprint density at radius 3 is 3.06 bits per heavy atom. The van der Waals surface area contributed by atoms with Gasteiger partial charge in [-0.15, -0.1) is 0 Å². The van der Waals surface area contributed by atoms with Crippen molar-refractivity contribution in [3.05, 3.63) is 42.9 Å². The monoisotopic (exact) mass is 227 g/mol. The van der Waals surface area contributed by atoms with Gasteiger partial charge in [-0.2, -0.15) is 0 Å². The molecule has 3 rings (SSSR count). The summed E-state index contributed by atoms with van der Waals surface area (Å²) in [6.45, 7) is 0.521. The van der Waals surface area contributed by atoms with E-state index in [1.807, 2.05) is 22.9 Å². The molecule has 17 heavy (non-hydrogen) atoms. The lowest BCUT2D eigenvalue weighted by molar-refractivity contribution is 0.131. The smallest absolute Gasteiger partial charge is 0.123 e. The van der Waals surface area contributed by atoms with Gasteiger partial charge in [-0.3, -0.25) is 0 Å². The molecule has 3 aromatic rings. The molecule has 0 fully saturated rings. The molecule has 0 aliphatic carbocycles. The topological polar surface area (TPSA) is 42.8 Å². The highest BCUT2D eigenvalue weighted by atomic mass is 16.5. The van der Waals surface area contributed by atoms with Gasteiger partial charge in [0.05, 0.1) is 12.0 Å². The number of ether oxygens (including phenoxy) is 1. The molecule has 0 aliphatic heterocycles. The second-order valence-corrected chi connectivity index (χ2v) is 3.96. The molecule has 0 spiro atoms. The molecule has 2 aromatic heterocycles. The molecule has 0 radical (unpaired) electrons. The molecule has 0 aliphatic rings. The van der Waals surface area contributed by atoms with Gasteiger partial charge in [0.1, 0.15) is 12.4 Å². The van der Waals surface area contributed by atoms with E-state index >= 15 is 0 Å². The summed E-state index contributed by atoms with van der Waals surface area (Å²) in [7, 11) is 1.67. The molecule has 86 valence electrons. The van der Waals surface area contributed by atoms with Crippen molar-refractivity contribution < 1.29 is 4.74 Å². The maximum Gasteiger partial charge on any atom is 0.123 e. The normalized spacial score (nSPS) is 11.1. The van der Waals surface area contributed by atoms with Crippen molar-refractivity contribution >= 4 is 10.9 Å². The number of aromatic amines is 1. The van der Waals surface area contributed by atoms with Crippen LogP contribution in [0, 0.1) is 0 Å². The van der Waals surface area contributed by atoms with E-state index in [1.54, 1.807) is 13.4 Å². The predicted molar refractivity (Wildman–Crippen MR) is 66.5 cm³/mol. The molecule has 0 saturated carbocycles. The summed E-state index contributed by atoms with van der Waals surface area (Å²) in [5.41, 5.74) is 3.09. The van der Waals surface area contributed by atoms with Crippen LogP contribution < -0.4 is 0 Å². The van der Waals surface area contributed by atoms with Crippen molar-refractivity contribution in [3.8, 4) is 11.4 Å². The van der Waals surface area contributed by atoms with Crippen molar-refractivity contribution in [2.24, 2.45) is 0 Å². The zero-order chi connectivity index (χ0) is 11.7. The summed E-state index contributed by atoms with van der Waals surface area (Å²) in [4.78, 5) is 7.70. The van der Waals surface area contributed by atoms with E-state index < -0.39 is 0 Å². The number of benzene rings is 1. The summed E-state index contributed by atoms with van der Waals surface area (Å²) < 4.78 is 6.95. The molecule has 0 atom stereocenters. The molecule has 1 N–H and O–H groups in total. The van der Waals surface area contributed by atoms with Crippen molar-refractivity contribution in [1.82, 2.24) is 14.5 Å². The first-order valence-corrected chi connectivity index (χ1v) is 5.45. The maximum atomic E-state index is 5.05. The zero-order valence-electron chi connectivity index (χ0n) is 9.55. The summed E-state index contributed by atoms with van der Waals surface area (Å²) >= 11 is 0. The van der Waals surface area contributed by atoms with E-state index in [0.717, 1.165) is 16.9 Å². The van der Waals surface area contributed by atoms with Gasteiger partial charge in [0.2, 0.25) is 0 Å². The summed E-state index contributed by atoms with van der Waals surface area (Å²) in [6, 6.07) is 10.3. The Balaban J connectivity index is 2.01. The molecule has 0 saturated heterocycles. The van der Waals surface area contributed by atoms with E-state index in [4.69, 9.17) is 4.74 Å². The number of nitrogens with zero attached hydrogens (tertiary/aromatic N) is 2. The fourth-order valence-corrected chi connectivity index (χ4v) is 1.93. The Hall–Kier alpha value is -2.07. The molecule has 4 nitrogen and oxygen atoms in total. The minimum atomic E-state index is 0.521. The van der Waals surface area contributed by atoms with Gasteiger partial charge < -0.3 is 14.3 Å². The minimum absolute atomic E-state index is 0.521. The lowest BCUT2D eigenvalue weighted by Gasteiger charge is -1.96. The first-order chi connectivity index (χ1) is 8.36. The molecule has 4 heteroatoms. The third-order valence-corrected chi connectivity index (χ3v) is 2.72. The van der Waals surface area contributed by atoms with E-state index in [2.05, 4.69) is 28.2 Å². The largest absolute Gasteiger partial charge is 0.364 e. The number of aromatic nitrogens is 3. The average Bonchev–Trinajstić information content (AvgIpc) is 2.94. The number of methoxy groups -OCH3 is 1. The summed E-state index contributed by atoms with van der Waals surface area (Å²) in [6.07, 6.45) is 3.73. The van der Waals surface area contributed by atoms with Crippen LogP contribution in [-0.4, -0.2) is 21.6 Å². The Kier molecular flexibility index (Phi) is 2.42. The second kappa shape index (κ2) is 4.07. The Morgan fingerprint density at radius 1 is 1.35 bits per heavy atom. The molecule has 0 unspecified atom stereocenters. The molecular formula is C13H13N3O. The van der Waals surface area contributed by atoms with E-state index in [0.29, 0.717) is 6.73 Å². The number of hydrogen-bond acceptors (Lipinski definition) is 2. The van der Waals surface area contributed by atoms with Crippen LogP contribution in [0.5, 0.6) is 0 Å². The minimum Gasteiger partial charge on any atom is -0.364 e. The van der Waals surface area contributed by atoms with Crippen molar-refractivity contribution in [1.29, 1.82) is 0 Å². The number of hydrogen-bond donors (Lipinski definition) is 1. The van der Waals surface area contributed by atoms with Crippen molar-refractivity contribution in [3.63, 3.8) is 0 Å². The molecule has 0 bridgehead atoms. The highest BCUT2D eigenvalue weighted by molar-refractivity contribution is 5.84. The second-order valence-electron chi connectivity index (χ2n) is 3.96. The highest BCUT2D eigenvalue weighted by Gasteiger charge is 2.05. The third kappa shape index (κ3) is 1.83. The summed E-state index contributed by atoms with van der Waals surface area (Å²) in [5.74, 6) is 0. The average molecular weight is 227 g/mol. The van der Waals surface area contributed by atoms with Gasteiger partial charge in [0, 0.05) is 24.2 Å². The fraction of sp³-hybridized carbons (Fsp3) is 0.154. The van der Waals surface area contributed by atoms with Crippen LogP contribution >= 0.6 is 0 Å². The van der Waals surface area contributed by atoms with Crippen LogP contribution in [0.1, 0.15) is 0 Å². The summed E-state index contributed by atoms with van der Waals surface area (Å²) in [5, 5.41) is 1.20. The number of nitrogens with one attached hydrogen (secondary N) is 1. The SMILES string of the molecule is COCn1cnc(-c2cc3ccccc3[nH]2)c1. The van der Waals surface area contributed by atoms with Crippen LogP contribution in [0.3, 0.4) is 0 Å². The van der Waals surface area contributed by atoms with Crippen molar-refractivity contribution in [2.45, 2.75) is 6.73 Å². The van der Waals surface area contributed by atoms with Gasteiger partial charge in [-0.25, -0.2) is 4.98 Å². The van der Waals surface area contributed by atoms with Gasteiger partial charge in [-0.1, -0.05) is 18.2 Å². The van der Waals surface area contributed by atoms with E-state index in [-0.39, 0.29) is 0 Å². The molecule has 1 aromatic carbocycles. The standard InChI is InChI=1S/C13H13N3O/c1-17-9-16-7-13(14-8-16)12-6-10-4-2-3-5-11(10)15-12/h2-8,15H,9H2,1H3. The Bertz CT molecular complexity index is 606. The van der Waals surface area contributed by atoms with Gasteiger partial charge in [0.15, 0.2) is 0 Å². The van der Waals surface area contributed by atoms with Crippen LogP contribution in [0.2, 0.25) is 0 Å². The van der Waals surface area contributed by atoms with E-state index in [9.17, 15) is 0 Å². The lowest BCUT2D eigenvalue weighted by Crippen LogP contribution is -1.94. The highest BCUT2D eigenvalue weighted by Crippen LogP contribution is 2.22. The third-order valence-electron chi connectivity index (χ3n) is 2.72. The quantitative estimate of drug-likeness (QED) is 0.747. The number of imidazole rings is 1.